The fraction of sp³-hybridized carbons (Fsp3) is 0.158. The standard InChI is InChI=1S/C19H20N2O4/c1-14-4-2-3-5-15(14)8-11-18(22)20-12-13-25-17-9-6-16(7-10-17)19(23)21-24/h2-11,24H,12-13H2,1H3,(H,20,22)(H,21,23)/b11-8+. The van der Waals surface area contributed by atoms with Crippen molar-refractivity contribution in [2.75, 3.05) is 13.2 Å². The first-order valence-electron chi connectivity index (χ1n) is 7.79. The van der Waals surface area contributed by atoms with Crippen molar-refractivity contribution in [2.24, 2.45) is 0 Å². The number of ether oxygens (including phenoxy) is 1. The third-order valence-electron chi connectivity index (χ3n) is 3.49. The van der Waals surface area contributed by atoms with Crippen LogP contribution in [0.15, 0.2) is 54.6 Å². The summed E-state index contributed by atoms with van der Waals surface area (Å²) in [5, 5.41) is 11.3. The second kappa shape index (κ2) is 9.24. The molecule has 6 nitrogen and oxygen atoms in total. The van der Waals surface area contributed by atoms with Crippen LogP contribution in [0, 0.1) is 6.92 Å². The smallest absolute Gasteiger partial charge is 0.274 e. The molecular formula is C19H20N2O4. The quantitative estimate of drug-likeness (QED) is 0.312. The summed E-state index contributed by atoms with van der Waals surface area (Å²) >= 11 is 0. The monoisotopic (exact) mass is 340 g/mol. The van der Waals surface area contributed by atoms with E-state index >= 15 is 0 Å². The van der Waals surface area contributed by atoms with Gasteiger partial charge in [0.1, 0.15) is 12.4 Å². The minimum atomic E-state index is -0.584. The molecule has 0 bridgehead atoms. The molecule has 2 aromatic rings. The predicted molar refractivity (Wildman–Crippen MR) is 94.4 cm³/mol. The van der Waals surface area contributed by atoms with E-state index in [1.165, 1.54) is 18.2 Å². The minimum absolute atomic E-state index is 0.193. The first-order chi connectivity index (χ1) is 12.1. The van der Waals surface area contributed by atoms with Gasteiger partial charge in [0, 0.05) is 11.6 Å². The van der Waals surface area contributed by atoms with E-state index in [2.05, 4.69) is 5.32 Å². The Hall–Kier alpha value is -3.12. The molecule has 0 radical (unpaired) electrons. The zero-order chi connectivity index (χ0) is 18.1. The van der Waals surface area contributed by atoms with Crippen molar-refractivity contribution in [3.05, 3.63) is 71.3 Å². The van der Waals surface area contributed by atoms with E-state index in [0.29, 0.717) is 24.5 Å². The molecule has 2 amide bonds. The lowest BCUT2D eigenvalue weighted by Crippen LogP contribution is -2.26. The summed E-state index contributed by atoms with van der Waals surface area (Å²) in [5.74, 6) is -0.208. The highest BCUT2D eigenvalue weighted by Gasteiger charge is 2.03. The van der Waals surface area contributed by atoms with Gasteiger partial charge in [0.05, 0.1) is 6.54 Å². The van der Waals surface area contributed by atoms with Crippen LogP contribution in [0.1, 0.15) is 21.5 Å². The van der Waals surface area contributed by atoms with Crippen LogP contribution >= 0.6 is 0 Å². The average molecular weight is 340 g/mol. The summed E-state index contributed by atoms with van der Waals surface area (Å²) in [6.45, 7) is 2.65. The summed E-state index contributed by atoms with van der Waals surface area (Å²) in [5.41, 5.74) is 3.99. The number of carbonyl (C=O) groups is 2. The molecule has 0 aliphatic rings. The summed E-state index contributed by atoms with van der Waals surface area (Å²) in [7, 11) is 0. The molecular weight excluding hydrogens is 320 g/mol. The van der Waals surface area contributed by atoms with E-state index in [4.69, 9.17) is 9.94 Å². The molecule has 2 aromatic carbocycles. The second-order valence-electron chi connectivity index (χ2n) is 5.29. The number of benzene rings is 2. The molecule has 0 atom stereocenters. The number of aryl methyl sites for hydroxylation is 1. The van der Waals surface area contributed by atoms with Gasteiger partial charge in [-0.05, 0) is 48.4 Å². The molecule has 0 aliphatic heterocycles. The Morgan fingerprint density at radius 2 is 1.84 bits per heavy atom. The van der Waals surface area contributed by atoms with Crippen LogP contribution in [0.4, 0.5) is 0 Å². The zero-order valence-corrected chi connectivity index (χ0v) is 13.9. The van der Waals surface area contributed by atoms with Gasteiger partial charge in [0.25, 0.3) is 5.91 Å². The normalized spacial score (nSPS) is 10.5. The van der Waals surface area contributed by atoms with E-state index in [1.54, 1.807) is 23.7 Å². The first-order valence-corrected chi connectivity index (χ1v) is 7.79. The fourth-order valence-corrected chi connectivity index (χ4v) is 2.11. The Kier molecular flexibility index (Phi) is 6.74. The molecule has 6 heteroatoms. The molecule has 25 heavy (non-hydrogen) atoms. The number of hydrogen-bond acceptors (Lipinski definition) is 4. The first kappa shape index (κ1) is 18.2. The third-order valence-corrected chi connectivity index (χ3v) is 3.49. The van der Waals surface area contributed by atoms with Gasteiger partial charge < -0.3 is 10.1 Å². The van der Waals surface area contributed by atoms with Crippen LogP contribution in [-0.2, 0) is 4.79 Å². The average Bonchev–Trinajstić information content (AvgIpc) is 2.64. The van der Waals surface area contributed by atoms with E-state index in [0.717, 1.165) is 11.1 Å². The highest BCUT2D eigenvalue weighted by atomic mass is 16.5. The van der Waals surface area contributed by atoms with Crippen molar-refractivity contribution in [1.82, 2.24) is 10.8 Å². The van der Waals surface area contributed by atoms with E-state index in [1.807, 2.05) is 31.2 Å². The van der Waals surface area contributed by atoms with Crippen molar-refractivity contribution >= 4 is 17.9 Å². The highest BCUT2D eigenvalue weighted by Crippen LogP contribution is 2.12. The van der Waals surface area contributed by atoms with E-state index < -0.39 is 5.91 Å². The van der Waals surface area contributed by atoms with Gasteiger partial charge in [-0.2, -0.15) is 0 Å². The number of rotatable bonds is 7. The Bertz CT molecular complexity index is 754. The number of hydroxylamine groups is 1. The minimum Gasteiger partial charge on any atom is -0.492 e. The van der Waals surface area contributed by atoms with Gasteiger partial charge in [-0.3, -0.25) is 14.8 Å². The van der Waals surface area contributed by atoms with Crippen LogP contribution in [0.5, 0.6) is 5.75 Å². The van der Waals surface area contributed by atoms with Gasteiger partial charge >= 0.3 is 0 Å². The molecule has 0 saturated carbocycles. The molecule has 0 aliphatic carbocycles. The predicted octanol–water partition coefficient (Wildman–Crippen LogP) is 2.32. The van der Waals surface area contributed by atoms with Gasteiger partial charge in [0.15, 0.2) is 0 Å². The van der Waals surface area contributed by atoms with Crippen LogP contribution < -0.4 is 15.5 Å². The zero-order valence-electron chi connectivity index (χ0n) is 13.9. The number of carbonyl (C=O) groups excluding carboxylic acids is 2. The van der Waals surface area contributed by atoms with Crippen LogP contribution in [0.25, 0.3) is 6.08 Å². The van der Waals surface area contributed by atoms with Crippen LogP contribution in [0.3, 0.4) is 0 Å². The third kappa shape index (κ3) is 5.78. The Balaban J connectivity index is 1.73. The number of nitrogens with one attached hydrogen (secondary N) is 2. The van der Waals surface area contributed by atoms with Gasteiger partial charge in [-0.25, -0.2) is 5.48 Å². The Labute approximate surface area is 146 Å². The summed E-state index contributed by atoms with van der Waals surface area (Å²) < 4.78 is 5.47. The maximum atomic E-state index is 11.8. The van der Waals surface area contributed by atoms with Gasteiger partial charge in [-0.15, -0.1) is 0 Å². The molecule has 3 N–H and O–H groups in total. The Morgan fingerprint density at radius 3 is 2.52 bits per heavy atom. The van der Waals surface area contributed by atoms with Gasteiger partial charge in [0.2, 0.25) is 5.91 Å². The molecule has 0 unspecified atom stereocenters. The van der Waals surface area contributed by atoms with Gasteiger partial charge in [-0.1, -0.05) is 24.3 Å². The van der Waals surface area contributed by atoms with Crippen LogP contribution in [-0.4, -0.2) is 30.2 Å². The summed E-state index contributed by atoms with van der Waals surface area (Å²) in [6.07, 6.45) is 3.26. The van der Waals surface area contributed by atoms with E-state index in [-0.39, 0.29) is 5.91 Å². The van der Waals surface area contributed by atoms with Crippen molar-refractivity contribution in [3.63, 3.8) is 0 Å². The lowest BCUT2D eigenvalue weighted by atomic mass is 10.1. The van der Waals surface area contributed by atoms with Crippen LogP contribution in [0.2, 0.25) is 0 Å². The SMILES string of the molecule is Cc1ccccc1/C=C/C(=O)NCCOc1ccc(C(=O)NO)cc1. The highest BCUT2D eigenvalue weighted by molar-refractivity contribution is 5.93. The number of hydrogen-bond donors (Lipinski definition) is 3. The fourth-order valence-electron chi connectivity index (χ4n) is 2.11. The molecule has 0 spiro atoms. The molecule has 0 saturated heterocycles. The maximum absolute atomic E-state index is 11.8. The maximum Gasteiger partial charge on any atom is 0.274 e. The topological polar surface area (TPSA) is 87.7 Å². The number of amides is 2. The molecule has 2 rings (SSSR count). The molecule has 0 heterocycles. The summed E-state index contributed by atoms with van der Waals surface area (Å²) in [4.78, 5) is 23.0. The van der Waals surface area contributed by atoms with Crippen molar-refractivity contribution < 1.29 is 19.5 Å². The van der Waals surface area contributed by atoms with Crippen molar-refractivity contribution in [3.8, 4) is 5.75 Å². The Morgan fingerprint density at radius 1 is 1.12 bits per heavy atom. The lowest BCUT2D eigenvalue weighted by Gasteiger charge is -2.07. The largest absolute Gasteiger partial charge is 0.492 e. The van der Waals surface area contributed by atoms with Crippen molar-refractivity contribution in [2.45, 2.75) is 6.92 Å². The van der Waals surface area contributed by atoms with Crippen molar-refractivity contribution in [1.29, 1.82) is 0 Å². The summed E-state index contributed by atoms with van der Waals surface area (Å²) in [6, 6.07) is 14.1. The molecule has 130 valence electrons. The van der Waals surface area contributed by atoms with E-state index in [9.17, 15) is 9.59 Å². The molecule has 0 aromatic heterocycles. The lowest BCUT2D eigenvalue weighted by molar-refractivity contribution is -0.116. The molecule has 0 fully saturated rings. The second-order valence-corrected chi connectivity index (χ2v) is 5.29.